The van der Waals surface area contributed by atoms with Gasteiger partial charge >= 0.3 is 0 Å². The number of benzene rings is 1. The maximum absolute atomic E-state index is 4.27. The molecular formula is C13H16BrN3. The van der Waals surface area contributed by atoms with Crippen LogP contribution < -0.4 is 5.32 Å². The van der Waals surface area contributed by atoms with E-state index in [0.717, 1.165) is 16.7 Å². The van der Waals surface area contributed by atoms with Crippen molar-refractivity contribution in [2.75, 3.05) is 7.05 Å². The zero-order valence-corrected chi connectivity index (χ0v) is 11.6. The van der Waals surface area contributed by atoms with E-state index in [9.17, 15) is 0 Å². The summed E-state index contributed by atoms with van der Waals surface area (Å²) in [5.41, 5.74) is 2.58. The molecule has 3 nitrogen and oxygen atoms in total. The molecule has 90 valence electrons. The Balaban J connectivity index is 2.26. The van der Waals surface area contributed by atoms with Crippen LogP contribution >= 0.6 is 15.9 Å². The minimum atomic E-state index is 0.277. The summed E-state index contributed by atoms with van der Waals surface area (Å²) >= 11 is 3.57. The Labute approximate surface area is 110 Å². The van der Waals surface area contributed by atoms with Crippen LogP contribution in [0.4, 0.5) is 0 Å². The summed E-state index contributed by atoms with van der Waals surface area (Å²) in [7, 11) is 1.98. The number of nitrogens with one attached hydrogen (secondary N) is 2. The second-order valence-electron chi connectivity index (χ2n) is 4.04. The topological polar surface area (TPSA) is 40.7 Å². The number of aromatic nitrogens is 2. The van der Waals surface area contributed by atoms with Gasteiger partial charge in [0.2, 0.25) is 0 Å². The van der Waals surface area contributed by atoms with Crippen LogP contribution in [0.25, 0.3) is 0 Å². The van der Waals surface area contributed by atoms with E-state index < -0.39 is 0 Å². The first-order valence-corrected chi connectivity index (χ1v) is 6.42. The van der Waals surface area contributed by atoms with Crippen LogP contribution in [-0.2, 0) is 6.42 Å². The SMILES string of the molecule is CNC(Cc1ncc[nH]1)c1cccc(Br)c1C. The van der Waals surface area contributed by atoms with Gasteiger partial charge in [0.05, 0.1) is 0 Å². The summed E-state index contributed by atoms with van der Waals surface area (Å²) in [6.07, 6.45) is 4.51. The van der Waals surface area contributed by atoms with Gasteiger partial charge in [-0.25, -0.2) is 4.98 Å². The maximum Gasteiger partial charge on any atom is 0.107 e. The van der Waals surface area contributed by atoms with Gasteiger partial charge in [-0.2, -0.15) is 0 Å². The van der Waals surface area contributed by atoms with Crippen molar-refractivity contribution in [1.29, 1.82) is 0 Å². The Kier molecular flexibility index (Phi) is 3.97. The number of imidazole rings is 1. The minimum Gasteiger partial charge on any atom is -0.349 e. The van der Waals surface area contributed by atoms with Crippen molar-refractivity contribution >= 4 is 15.9 Å². The molecule has 4 heteroatoms. The molecule has 2 aromatic rings. The van der Waals surface area contributed by atoms with Crippen molar-refractivity contribution in [3.63, 3.8) is 0 Å². The van der Waals surface area contributed by atoms with E-state index in [2.05, 4.69) is 56.3 Å². The predicted octanol–water partition coefficient (Wildman–Crippen LogP) is 2.98. The monoisotopic (exact) mass is 293 g/mol. The fourth-order valence-corrected chi connectivity index (χ4v) is 2.35. The quantitative estimate of drug-likeness (QED) is 0.910. The van der Waals surface area contributed by atoms with Crippen LogP contribution in [0.5, 0.6) is 0 Å². The number of hydrogen-bond donors (Lipinski definition) is 2. The van der Waals surface area contributed by atoms with Gasteiger partial charge in [0.1, 0.15) is 5.82 Å². The van der Waals surface area contributed by atoms with Crippen molar-refractivity contribution < 1.29 is 0 Å². The number of halogens is 1. The van der Waals surface area contributed by atoms with Gasteiger partial charge in [0.15, 0.2) is 0 Å². The van der Waals surface area contributed by atoms with Crippen molar-refractivity contribution in [3.8, 4) is 0 Å². The average Bonchev–Trinajstić information content (AvgIpc) is 2.83. The molecule has 1 aromatic heterocycles. The highest BCUT2D eigenvalue weighted by atomic mass is 79.9. The zero-order valence-electron chi connectivity index (χ0n) is 10.00. The smallest absolute Gasteiger partial charge is 0.107 e. The molecule has 2 rings (SSSR count). The van der Waals surface area contributed by atoms with E-state index in [4.69, 9.17) is 0 Å². The average molecular weight is 294 g/mol. The molecule has 1 heterocycles. The van der Waals surface area contributed by atoms with Gasteiger partial charge in [0, 0.05) is 29.3 Å². The van der Waals surface area contributed by atoms with Crippen molar-refractivity contribution in [2.45, 2.75) is 19.4 Å². The molecule has 0 saturated heterocycles. The van der Waals surface area contributed by atoms with Crippen LogP contribution in [0.1, 0.15) is 23.0 Å². The molecule has 1 atom stereocenters. The van der Waals surface area contributed by atoms with E-state index in [1.807, 2.05) is 13.2 Å². The second-order valence-corrected chi connectivity index (χ2v) is 4.89. The molecule has 0 aliphatic rings. The fourth-order valence-electron chi connectivity index (χ4n) is 1.97. The first kappa shape index (κ1) is 12.3. The molecular weight excluding hydrogens is 278 g/mol. The Morgan fingerprint density at radius 3 is 2.94 bits per heavy atom. The number of H-pyrrole nitrogens is 1. The molecule has 0 saturated carbocycles. The molecule has 17 heavy (non-hydrogen) atoms. The lowest BCUT2D eigenvalue weighted by Gasteiger charge is -2.18. The summed E-state index contributed by atoms with van der Waals surface area (Å²) in [5.74, 6) is 1.00. The molecule has 2 N–H and O–H groups in total. The summed E-state index contributed by atoms with van der Waals surface area (Å²) in [6.45, 7) is 2.13. The molecule has 0 aliphatic carbocycles. The van der Waals surface area contributed by atoms with Gasteiger partial charge in [-0.1, -0.05) is 28.1 Å². The van der Waals surface area contributed by atoms with E-state index in [0.29, 0.717) is 0 Å². The molecule has 0 radical (unpaired) electrons. The third-order valence-electron chi connectivity index (χ3n) is 2.99. The zero-order chi connectivity index (χ0) is 12.3. The van der Waals surface area contributed by atoms with Crippen molar-refractivity contribution in [1.82, 2.24) is 15.3 Å². The van der Waals surface area contributed by atoms with Gasteiger partial charge in [0.25, 0.3) is 0 Å². The largest absolute Gasteiger partial charge is 0.349 e. The highest BCUT2D eigenvalue weighted by Gasteiger charge is 2.14. The van der Waals surface area contributed by atoms with Gasteiger partial charge in [-0.05, 0) is 31.2 Å². The van der Waals surface area contributed by atoms with Gasteiger partial charge in [-0.15, -0.1) is 0 Å². The van der Waals surface area contributed by atoms with Crippen LogP contribution in [0, 0.1) is 6.92 Å². The molecule has 0 aliphatic heterocycles. The Bertz CT molecular complexity index is 479. The van der Waals surface area contributed by atoms with Crippen LogP contribution in [0.15, 0.2) is 35.1 Å². The first-order chi connectivity index (χ1) is 8.22. The molecule has 0 fully saturated rings. The van der Waals surface area contributed by atoms with Crippen molar-refractivity contribution in [3.05, 3.63) is 52.0 Å². The number of likely N-dealkylation sites (N-methyl/N-ethyl adjacent to an activating group) is 1. The fraction of sp³-hybridized carbons (Fsp3) is 0.308. The second kappa shape index (κ2) is 5.47. The maximum atomic E-state index is 4.27. The molecule has 1 aromatic carbocycles. The van der Waals surface area contributed by atoms with E-state index in [1.165, 1.54) is 11.1 Å². The Hall–Kier alpha value is -1.13. The van der Waals surface area contributed by atoms with Crippen LogP contribution in [-0.4, -0.2) is 17.0 Å². The highest BCUT2D eigenvalue weighted by molar-refractivity contribution is 9.10. The third kappa shape index (κ3) is 2.76. The molecule has 0 amide bonds. The summed E-state index contributed by atoms with van der Waals surface area (Å²) < 4.78 is 1.15. The number of nitrogens with zero attached hydrogens (tertiary/aromatic N) is 1. The van der Waals surface area contributed by atoms with Crippen molar-refractivity contribution in [2.24, 2.45) is 0 Å². The summed E-state index contributed by atoms with van der Waals surface area (Å²) in [6, 6.07) is 6.57. The highest BCUT2D eigenvalue weighted by Crippen LogP contribution is 2.26. The third-order valence-corrected chi connectivity index (χ3v) is 3.84. The van der Waals surface area contributed by atoms with E-state index >= 15 is 0 Å². The summed E-state index contributed by atoms with van der Waals surface area (Å²) in [5, 5.41) is 3.34. The van der Waals surface area contributed by atoms with Gasteiger partial charge in [-0.3, -0.25) is 0 Å². The Morgan fingerprint density at radius 2 is 2.29 bits per heavy atom. The number of hydrogen-bond acceptors (Lipinski definition) is 2. The van der Waals surface area contributed by atoms with Gasteiger partial charge < -0.3 is 10.3 Å². The lowest BCUT2D eigenvalue weighted by atomic mass is 9.99. The van der Waals surface area contributed by atoms with E-state index in [-0.39, 0.29) is 6.04 Å². The first-order valence-electron chi connectivity index (χ1n) is 5.63. The van der Waals surface area contributed by atoms with Crippen LogP contribution in [0.3, 0.4) is 0 Å². The van der Waals surface area contributed by atoms with Crippen LogP contribution in [0.2, 0.25) is 0 Å². The normalized spacial score (nSPS) is 12.6. The minimum absolute atomic E-state index is 0.277. The Morgan fingerprint density at radius 1 is 1.47 bits per heavy atom. The lowest BCUT2D eigenvalue weighted by Crippen LogP contribution is -2.20. The predicted molar refractivity (Wildman–Crippen MR) is 73.0 cm³/mol. The summed E-state index contributed by atoms with van der Waals surface area (Å²) in [4.78, 5) is 7.42. The van der Waals surface area contributed by atoms with E-state index in [1.54, 1.807) is 6.20 Å². The molecule has 1 unspecified atom stereocenters. The molecule has 0 bridgehead atoms. The number of aromatic amines is 1. The standard InChI is InChI=1S/C13H16BrN3/c1-9-10(4-3-5-11(9)14)12(15-2)8-13-16-6-7-17-13/h3-7,12,15H,8H2,1-2H3,(H,16,17). The molecule has 0 spiro atoms. The number of rotatable bonds is 4. The lowest BCUT2D eigenvalue weighted by molar-refractivity contribution is 0.575.